The molecule has 0 unspecified atom stereocenters. The van der Waals surface area contributed by atoms with E-state index in [4.69, 9.17) is 28.2 Å². The Hall–Kier alpha value is -2.94. The second-order valence-electron chi connectivity index (χ2n) is 6.75. The Bertz CT molecular complexity index is 1090. The molecule has 0 bridgehead atoms. The number of nitrogens with zero attached hydrogens (tertiary/aromatic N) is 2. The van der Waals surface area contributed by atoms with Crippen LogP contribution in [0, 0.1) is 0 Å². The van der Waals surface area contributed by atoms with Crippen LogP contribution in [0.4, 0.5) is 0 Å². The first-order chi connectivity index (χ1) is 14.5. The Labute approximate surface area is 182 Å². The van der Waals surface area contributed by atoms with E-state index in [1.165, 1.54) is 18.2 Å². The van der Waals surface area contributed by atoms with Crippen LogP contribution < -0.4 is 5.32 Å². The number of hydrogen-bond acceptors (Lipinski definition) is 5. The third kappa shape index (κ3) is 3.77. The van der Waals surface area contributed by atoms with E-state index in [9.17, 15) is 15.0 Å². The standard InChI is InChI=1S/C21H18ClN3O4S/c22-14-5-4-12(20(27)28)11-13(14)16-6-7-17(29-16)19-18(15-3-1-2-8-23-15)24-21(30)25(19)9-10-26/h1-8,11,18-19,26H,9-10H2,(H,24,30)(H,27,28)/t18-,19+/m0/s1. The number of carbonyl (C=O) groups is 1. The first-order valence-electron chi connectivity index (χ1n) is 9.21. The molecule has 0 saturated carbocycles. The van der Waals surface area contributed by atoms with E-state index in [-0.39, 0.29) is 24.3 Å². The average molecular weight is 444 g/mol. The van der Waals surface area contributed by atoms with Crippen molar-refractivity contribution in [2.24, 2.45) is 0 Å². The molecule has 0 aliphatic carbocycles. The predicted molar refractivity (Wildman–Crippen MR) is 115 cm³/mol. The SMILES string of the molecule is O=C(O)c1ccc(Cl)c(-c2ccc([C@@H]3[C@H](c4ccccn4)NC(=S)N3CCO)o2)c1. The molecule has 9 heteroatoms. The van der Waals surface area contributed by atoms with Crippen molar-refractivity contribution in [2.75, 3.05) is 13.2 Å². The summed E-state index contributed by atoms with van der Waals surface area (Å²) in [6, 6.07) is 13.0. The lowest BCUT2D eigenvalue weighted by Crippen LogP contribution is -2.32. The van der Waals surface area contributed by atoms with Crippen LogP contribution in [-0.4, -0.2) is 44.3 Å². The predicted octanol–water partition coefficient (Wildman–Crippen LogP) is 3.66. The molecule has 1 aromatic carbocycles. The Morgan fingerprint density at radius 3 is 2.80 bits per heavy atom. The number of hydrogen-bond donors (Lipinski definition) is 3. The van der Waals surface area contributed by atoms with E-state index < -0.39 is 5.97 Å². The third-order valence-electron chi connectivity index (χ3n) is 4.94. The molecule has 2 atom stereocenters. The lowest BCUT2D eigenvalue weighted by Gasteiger charge is -2.25. The molecule has 30 heavy (non-hydrogen) atoms. The number of β-amino-alcohol motifs (C(OH)–C–C–N with tert-alkyl or cyclic N) is 1. The van der Waals surface area contributed by atoms with Crippen molar-refractivity contribution in [3.05, 3.63) is 76.8 Å². The second-order valence-corrected chi connectivity index (χ2v) is 7.54. The minimum Gasteiger partial charge on any atom is -0.478 e. The number of thiocarbonyl (C=S) groups is 1. The van der Waals surface area contributed by atoms with Gasteiger partial charge in [-0.2, -0.15) is 0 Å². The van der Waals surface area contributed by atoms with E-state index in [2.05, 4.69) is 10.3 Å². The molecule has 0 radical (unpaired) electrons. The highest BCUT2D eigenvalue weighted by Crippen LogP contribution is 2.41. The van der Waals surface area contributed by atoms with Crippen LogP contribution >= 0.6 is 23.8 Å². The summed E-state index contributed by atoms with van der Waals surface area (Å²) in [4.78, 5) is 17.6. The normalized spacial score (nSPS) is 18.5. The van der Waals surface area contributed by atoms with Gasteiger partial charge in [0.25, 0.3) is 0 Å². The summed E-state index contributed by atoms with van der Waals surface area (Å²) in [5.74, 6) is -0.00717. The van der Waals surface area contributed by atoms with E-state index >= 15 is 0 Å². The van der Waals surface area contributed by atoms with Crippen molar-refractivity contribution in [1.29, 1.82) is 0 Å². The van der Waals surface area contributed by atoms with E-state index in [0.29, 0.717) is 33.8 Å². The number of benzene rings is 1. The highest BCUT2D eigenvalue weighted by Gasteiger charge is 2.41. The highest BCUT2D eigenvalue weighted by molar-refractivity contribution is 7.80. The first-order valence-corrected chi connectivity index (χ1v) is 10.00. The fourth-order valence-electron chi connectivity index (χ4n) is 3.57. The van der Waals surface area contributed by atoms with Crippen molar-refractivity contribution in [3.63, 3.8) is 0 Å². The fourth-order valence-corrected chi connectivity index (χ4v) is 4.11. The Morgan fingerprint density at radius 2 is 2.10 bits per heavy atom. The number of halogens is 1. The molecule has 3 aromatic rings. The van der Waals surface area contributed by atoms with Crippen molar-refractivity contribution in [1.82, 2.24) is 15.2 Å². The van der Waals surface area contributed by atoms with Gasteiger partial charge in [0.1, 0.15) is 17.6 Å². The zero-order valence-electron chi connectivity index (χ0n) is 15.7. The molecule has 0 amide bonds. The molecule has 7 nitrogen and oxygen atoms in total. The van der Waals surface area contributed by atoms with Crippen LogP contribution in [0.25, 0.3) is 11.3 Å². The van der Waals surface area contributed by atoms with Crippen molar-refractivity contribution < 1.29 is 19.4 Å². The number of aromatic carboxylic acids is 1. The van der Waals surface area contributed by atoms with E-state index in [1.807, 2.05) is 23.1 Å². The zero-order valence-corrected chi connectivity index (χ0v) is 17.2. The molecule has 4 rings (SSSR count). The Balaban J connectivity index is 1.75. The molecule has 1 fully saturated rings. The quantitative estimate of drug-likeness (QED) is 0.496. The van der Waals surface area contributed by atoms with Crippen LogP contribution in [0.2, 0.25) is 5.02 Å². The average Bonchev–Trinajstić information content (AvgIpc) is 3.34. The number of pyridine rings is 1. The van der Waals surface area contributed by atoms with Gasteiger partial charge in [0.2, 0.25) is 0 Å². The van der Waals surface area contributed by atoms with Crippen LogP contribution in [0.1, 0.15) is 33.9 Å². The number of rotatable bonds is 6. The highest BCUT2D eigenvalue weighted by atomic mass is 35.5. The Morgan fingerprint density at radius 1 is 1.27 bits per heavy atom. The number of furan rings is 1. The van der Waals surface area contributed by atoms with Crippen molar-refractivity contribution in [2.45, 2.75) is 12.1 Å². The van der Waals surface area contributed by atoms with Crippen LogP contribution in [0.3, 0.4) is 0 Å². The zero-order chi connectivity index (χ0) is 21.3. The fraction of sp³-hybridized carbons (Fsp3) is 0.190. The monoisotopic (exact) mass is 443 g/mol. The summed E-state index contributed by atoms with van der Waals surface area (Å²) in [6.45, 7) is 0.248. The number of aliphatic hydroxyl groups excluding tert-OH is 1. The summed E-state index contributed by atoms with van der Waals surface area (Å²) in [5, 5.41) is 22.9. The summed E-state index contributed by atoms with van der Waals surface area (Å²) in [7, 11) is 0. The lowest BCUT2D eigenvalue weighted by atomic mass is 10.0. The van der Waals surface area contributed by atoms with Crippen LogP contribution in [0.15, 0.2) is 59.1 Å². The number of aliphatic hydroxyl groups is 1. The summed E-state index contributed by atoms with van der Waals surface area (Å²) >= 11 is 11.8. The van der Waals surface area contributed by atoms with Gasteiger partial charge in [0, 0.05) is 18.3 Å². The molecule has 3 heterocycles. The van der Waals surface area contributed by atoms with Gasteiger partial charge in [-0.1, -0.05) is 17.7 Å². The van der Waals surface area contributed by atoms with E-state index in [0.717, 1.165) is 5.69 Å². The van der Waals surface area contributed by atoms with Gasteiger partial charge in [-0.05, 0) is 54.7 Å². The van der Waals surface area contributed by atoms with Gasteiger partial charge in [-0.3, -0.25) is 4.98 Å². The maximum absolute atomic E-state index is 11.3. The van der Waals surface area contributed by atoms with Gasteiger partial charge < -0.3 is 24.8 Å². The van der Waals surface area contributed by atoms with Gasteiger partial charge in [-0.15, -0.1) is 0 Å². The van der Waals surface area contributed by atoms with Crippen LogP contribution in [0.5, 0.6) is 0 Å². The summed E-state index contributed by atoms with van der Waals surface area (Å²) in [5.41, 5.74) is 1.39. The van der Waals surface area contributed by atoms with Gasteiger partial charge in [0.05, 0.1) is 28.9 Å². The van der Waals surface area contributed by atoms with Crippen molar-refractivity contribution >= 4 is 34.9 Å². The lowest BCUT2D eigenvalue weighted by molar-refractivity contribution is 0.0697. The summed E-state index contributed by atoms with van der Waals surface area (Å²) < 4.78 is 6.12. The molecule has 2 aromatic heterocycles. The molecule has 154 valence electrons. The molecular weight excluding hydrogens is 426 g/mol. The molecule has 1 aliphatic rings. The van der Waals surface area contributed by atoms with Crippen LogP contribution in [-0.2, 0) is 0 Å². The van der Waals surface area contributed by atoms with Crippen molar-refractivity contribution in [3.8, 4) is 11.3 Å². The number of aromatic nitrogens is 1. The second kappa shape index (κ2) is 8.43. The smallest absolute Gasteiger partial charge is 0.335 e. The third-order valence-corrected chi connectivity index (χ3v) is 5.62. The van der Waals surface area contributed by atoms with E-state index in [1.54, 1.807) is 18.3 Å². The topological polar surface area (TPSA) is 98.8 Å². The number of nitrogens with one attached hydrogen (secondary N) is 1. The maximum Gasteiger partial charge on any atom is 0.335 e. The van der Waals surface area contributed by atoms with Gasteiger partial charge in [-0.25, -0.2) is 4.79 Å². The Kier molecular flexibility index (Phi) is 5.72. The molecule has 1 saturated heterocycles. The number of carboxylic acid groups (broad SMARTS) is 1. The molecular formula is C21H18ClN3O4S. The summed E-state index contributed by atoms with van der Waals surface area (Å²) in [6.07, 6.45) is 1.70. The largest absolute Gasteiger partial charge is 0.478 e. The molecule has 0 spiro atoms. The maximum atomic E-state index is 11.3. The van der Waals surface area contributed by atoms with Gasteiger partial charge in [0.15, 0.2) is 5.11 Å². The molecule has 1 aliphatic heterocycles. The first kappa shape index (κ1) is 20.3. The van der Waals surface area contributed by atoms with Gasteiger partial charge >= 0.3 is 5.97 Å². The minimum atomic E-state index is -1.05. The number of carboxylic acids is 1. The minimum absolute atomic E-state index is 0.0761. The molecule has 3 N–H and O–H groups in total.